The van der Waals surface area contributed by atoms with Crippen LogP contribution in [0.5, 0.6) is 0 Å². The van der Waals surface area contributed by atoms with Crippen molar-refractivity contribution in [3.63, 3.8) is 0 Å². The second-order valence-corrected chi connectivity index (χ2v) is 6.22. The normalized spacial score (nSPS) is 10.7. The molecule has 0 radical (unpaired) electrons. The first-order chi connectivity index (χ1) is 10.2. The van der Waals surface area contributed by atoms with Gasteiger partial charge in [0.2, 0.25) is 0 Å². The zero-order chi connectivity index (χ0) is 14.8. The first-order valence-corrected chi connectivity index (χ1v) is 8.07. The van der Waals surface area contributed by atoms with Gasteiger partial charge in [-0.3, -0.25) is 4.57 Å². The van der Waals surface area contributed by atoms with Crippen molar-refractivity contribution in [1.29, 1.82) is 5.26 Å². The molecule has 0 aliphatic rings. The summed E-state index contributed by atoms with van der Waals surface area (Å²) in [6.07, 6.45) is 0.685. The maximum atomic E-state index is 9.10. The zero-order valence-corrected chi connectivity index (χ0v) is 14.0. The molecule has 0 N–H and O–H groups in total. The average Bonchev–Trinajstić information content (AvgIpc) is 2.85. The molecule has 0 atom stereocenters. The number of nitriles is 1. The zero-order valence-electron chi connectivity index (χ0n) is 11.1. The van der Waals surface area contributed by atoms with Crippen LogP contribution < -0.4 is 0 Å². The quantitative estimate of drug-likeness (QED) is 0.480. The van der Waals surface area contributed by atoms with Crippen LogP contribution >= 0.6 is 34.2 Å². The Bertz CT molecular complexity index is 831. The van der Waals surface area contributed by atoms with Gasteiger partial charge in [0.15, 0.2) is 0 Å². The number of hydrogen-bond donors (Lipinski definition) is 0. The summed E-state index contributed by atoms with van der Waals surface area (Å²) in [7, 11) is 0. The fraction of sp³-hybridized carbons (Fsp3) is 0.125. The number of benzene rings is 2. The molecule has 1 heterocycles. The Labute approximate surface area is 141 Å². The summed E-state index contributed by atoms with van der Waals surface area (Å²) in [5, 5.41) is 9.10. The first kappa shape index (κ1) is 14.4. The Morgan fingerprint density at radius 2 is 1.95 bits per heavy atom. The molecule has 0 unspecified atom stereocenters. The van der Waals surface area contributed by atoms with Crippen molar-refractivity contribution in [3.8, 4) is 11.8 Å². The third-order valence-corrected chi connectivity index (χ3v) is 4.16. The van der Waals surface area contributed by atoms with Gasteiger partial charge in [-0.25, -0.2) is 4.98 Å². The standard InChI is InChI=1S/C16H11ClIN3/c17-8-7-16-20-14-6-1-11(10-19)9-15(14)21(16)13-4-2-12(18)3-5-13/h1-6,9H,7-8H2. The predicted molar refractivity (Wildman–Crippen MR) is 92.9 cm³/mol. The number of hydrogen-bond acceptors (Lipinski definition) is 2. The van der Waals surface area contributed by atoms with Gasteiger partial charge in [-0.15, -0.1) is 11.6 Å². The van der Waals surface area contributed by atoms with Crippen molar-refractivity contribution in [2.75, 3.05) is 5.88 Å². The Morgan fingerprint density at radius 1 is 1.19 bits per heavy atom. The fourth-order valence-electron chi connectivity index (χ4n) is 2.33. The van der Waals surface area contributed by atoms with E-state index in [1.165, 1.54) is 3.57 Å². The molecule has 3 nitrogen and oxygen atoms in total. The molecule has 0 amide bonds. The molecule has 5 heteroatoms. The molecular formula is C16H11ClIN3. The SMILES string of the molecule is N#Cc1ccc2nc(CCCl)n(-c3ccc(I)cc3)c2c1. The van der Waals surface area contributed by atoms with E-state index < -0.39 is 0 Å². The van der Waals surface area contributed by atoms with E-state index in [2.05, 4.69) is 62.5 Å². The molecule has 0 spiro atoms. The third-order valence-electron chi connectivity index (χ3n) is 3.26. The Morgan fingerprint density at radius 3 is 2.62 bits per heavy atom. The van der Waals surface area contributed by atoms with Crippen LogP contribution in [0.4, 0.5) is 0 Å². The van der Waals surface area contributed by atoms with Crippen LogP contribution in [0.25, 0.3) is 16.7 Å². The molecule has 0 saturated heterocycles. The molecule has 0 aliphatic heterocycles. The van der Waals surface area contributed by atoms with E-state index in [4.69, 9.17) is 16.9 Å². The van der Waals surface area contributed by atoms with Crippen molar-refractivity contribution in [2.45, 2.75) is 6.42 Å². The van der Waals surface area contributed by atoms with E-state index in [0.717, 1.165) is 22.5 Å². The minimum absolute atomic E-state index is 0.513. The van der Waals surface area contributed by atoms with Crippen molar-refractivity contribution in [1.82, 2.24) is 9.55 Å². The van der Waals surface area contributed by atoms with E-state index in [1.54, 1.807) is 6.07 Å². The van der Waals surface area contributed by atoms with Gasteiger partial charge in [-0.05, 0) is 65.1 Å². The van der Waals surface area contributed by atoms with Gasteiger partial charge in [0.25, 0.3) is 0 Å². The van der Waals surface area contributed by atoms with Crippen molar-refractivity contribution in [3.05, 3.63) is 57.4 Å². The smallest absolute Gasteiger partial charge is 0.115 e. The largest absolute Gasteiger partial charge is 0.296 e. The van der Waals surface area contributed by atoms with Crippen LogP contribution in [-0.4, -0.2) is 15.4 Å². The summed E-state index contributed by atoms with van der Waals surface area (Å²) in [5.74, 6) is 1.43. The van der Waals surface area contributed by atoms with Crippen LogP contribution in [0.2, 0.25) is 0 Å². The van der Waals surface area contributed by atoms with Crippen molar-refractivity contribution >= 4 is 45.2 Å². The topological polar surface area (TPSA) is 41.6 Å². The number of aromatic nitrogens is 2. The minimum Gasteiger partial charge on any atom is -0.296 e. The molecule has 0 fully saturated rings. The lowest BCUT2D eigenvalue weighted by Crippen LogP contribution is -2.02. The molecule has 0 saturated carbocycles. The summed E-state index contributed by atoms with van der Waals surface area (Å²) >= 11 is 8.18. The van der Waals surface area contributed by atoms with Crippen molar-refractivity contribution < 1.29 is 0 Å². The lowest BCUT2D eigenvalue weighted by molar-refractivity contribution is 0.912. The lowest BCUT2D eigenvalue weighted by atomic mass is 10.2. The molecule has 21 heavy (non-hydrogen) atoms. The molecular weight excluding hydrogens is 397 g/mol. The molecule has 1 aromatic heterocycles. The Balaban J connectivity index is 2.28. The third kappa shape index (κ3) is 2.76. The molecule has 2 aromatic carbocycles. The Hall–Kier alpha value is -1.58. The highest BCUT2D eigenvalue weighted by molar-refractivity contribution is 14.1. The summed E-state index contributed by atoms with van der Waals surface area (Å²) in [4.78, 5) is 4.64. The van der Waals surface area contributed by atoms with Gasteiger partial charge in [0, 0.05) is 21.6 Å². The van der Waals surface area contributed by atoms with E-state index in [0.29, 0.717) is 17.9 Å². The van der Waals surface area contributed by atoms with Crippen LogP contribution in [0.1, 0.15) is 11.4 Å². The van der Waals surface area contributed by atoms with Gasteiger partial charge in [0.1, 0.15) is 5.82 Å². The van der Waals surface area contributed by atoms with Crippen LogP contribution in [-0.2, 0) is 6.42 Å². The summed E-state index contributed by atoms with van der Waals surface area (Å²) in [6, 6.07) is 15.9. The first-order valence-electron chi connectivity index (χ1n) is 6.46. The average molecular weight is 408 g/mol. The van der Waals surface area contributed by atoms with Gasteiger partial charge in [-0.1, -0.05) is 0 Å². The highest BCUT2D eigenvalue weighted by Gasteiger charge is 2.12. The number of halogens is 2. The van der Waals surface area contributed by atoms with E-state index in [9.17, 15) is 0 Å². The minimum atomic E-state index is 0.513. The van der Waals surface area contributed by atoms with Crippen LogP contribution in [0.15, 0.2) is 42.5 Å². The Kier molecular flexibility index (Phi) is 4.13. The van der Waals surface area contributed by atoms with Crippen LogP contribution in [0.3, 0.4) is 0 Å². The fourth-order valence-corrected chi connectivity index (χ4v) is 2.85. The van der Waals surface area contributed by atoms with Gasteiger partial charge in [-0.2, -0.15) is 5.26 Å². The number of aryl methyl sites for hydroxylation is 1. The lowest BCUT2D eigenvalue weighted by Gasteiger charge is -2.09. The second kappa shape index (κ2) is 6.04. The monoisotopic (exact) mass is 407 g/mol. The molecule has 3 rings (SSSR count). The highest BCUT2D eigenvalue weighted by atomic mass is 127. The highest BCUT2D eigenvalue weighted by Crippen LogP contribution is 2.24. The van der Waals surface area contributed by atoms with Gasteiger partial charge >= 0.3 is 0 Å². The van der Waals surface area contributed by atoms with Gasteiger partial charge in [0.05, 0.1) is 22.7 Å². The summed E-state index contributed by atoms with van der Waals surface area (Å²) in [5.41, 5.74) is 3.49. The maximum Gasteiger partial charge on any atom is 0.115 e. The van der Waals surface area contributed by atoms with E-state index in [-0.39, 0.29) is 0 Å². The summed E-state index contributed by atoms with van der Waals surface area (Å²) < 4.78 is 3.26. The maximum absolute atomic E-state index is 9.10. The number of imidazole rings is 1. The number of fused-ring (bicyclic) bond motifs is 1. The second-order valence-electron chi connectivity index (χ2n) is 4.59. The number of rotatable bonds is 3. The van der Waals surface area contributed by atoms with Gasteiger partial charge < -0.3 is 0 Å². The molecule has 0 bridgehead atoms. The van der Waals surface area contributed by atoms with E-state index in [1.807, 2.05) is 12.1 Å². The molecule has 3 aromatic rings. The summed E-state index contributed by atoms with van der Waals surface area (Å²) in [6.45, 7) is 0. The number of alkyl halides is 1. The number of nitrogens with zero attached hydrogens (tertiary/aromatic N) is 3. The van der Waals surface area contributed by atoms with Crippen LogP contribution in [0, 0.1) is 14.9 Å². The van der Waals surface area contributed by atoms with Crippen molar-refractivity contribution in [2.24, 2.45) is 0 Å². The molecule has 0 aliphatic carbocycles. The molecule has 104 valence electrons. The predicted octanol–water partition coefficient (Wildman–Crippen LogP) is 4.28. The van der Waals surface area contributed by atoms with E-state index >= 15 is 0 Å².